The first-order valence-corrected chi connectivity index (χ1v) is 5.45. The Morgan fingerprint density at radius 1 is 1.50 bits per heavy atom. The highest BCUT2D eigenvalue weighted by Gasteiger charge is 2.02. The SMILES string of the molecule is O=C(CCl)NCCOc1ccc(Cl)c(F)c1. The van der Waals surface area contributed by atoms with Crippen molar-refractivity contribution in [3.05, 3.63) is 29.0 Å². The van der Waals surface area contributed by atoms with Gasteiger partial charge in [0.2, 0.25) is 5.91 Å². The minimum atomic E-state index is -0.538. The number of amides is 1. The van der Waals surface area contributed by atoms with Gasteiger partial charge in [0.1, 0.15) is 24.1 Å². The third-order valence-corrected chi connectivity index (χ3v) is 2.25. The molecule has 0 saturated heterocycles. The van der Waals surface area contributed by atoms with Gasteiger partial charge in [-0.1, -0.05) is 11.6 Å². The number of nitrogens with one attached hydrogen (secondary N) is 1. The third kappa shape index (κ3) is 4.24. The van der Waals surface area contributed by atoms with Crippen molar-refractivity contribution in [1.82, 2.24) is 5.32 Å². The van der Waals surface area contributed by atoms with E-state index in [-0.39, 0.29) is 23.4 Å². The molecule has 0 bridgehead atoms. The Morgan fingerprint density at radius 2 is 2.25 bits per heavy atom. The van der Waals surface area contributed by atoms with Gasteiger partial charge in [-0.2, -0.15) is 0 Å². The van der Waals surface area contributed by atoms with Crippen LogP contribution in [0.3, 0.4) is 0 Å². The van der Waals surface area contributed by atoms with Gasteiger partial charge in [-0.3, -0.25) is 4.79 Å². The van der Waals surface area contributed by atoms with E-state index in [1.807, 2.05) is 0 Å². The lowest BCUT2D eigenvalue weighted by atomic mass is 10.3. The summed E-state index contributed by atoms with van der Waals surface area (Å²) in [6.07, 6.45) is 0. The van der Waals surface area contributed by atoms with Crippen LogP contribution in [0, 0.1) is 5.82 Å². The van der Waals surface area contributed by atoms with Gasteiger partial charge >= 0.3 is 0 Å². The number of benzene rings is 1. The van der Waals surface area contributed by atoms with Gasteiger partial charge in [-0.05, 0) is 12.1 Å². The first kappa shape index (κ1) is 13.1. The smallest absolute Gasteiger partial charge is 0.235 e. The summed E-state index contributed by atoms with van der Waals surface area (Å²) >= 11 is 10.8. The summed E-state index contributed by atoms with van der Waals surface area (Å²) in [7, 11) is 0. The van der Waals surface area contributed by atoms with Gasteiger partial charge in [0.25, 0.3) is 0 Å². The molecule has 0 saturated carbocycles. The molecule has 0 aliphatic heterocycles. The molecule has 6 heteroatoms. The van der Waals surface area contributed by atoms with Crippen molar-refractivity contribution in [2.45, 2.75) is 0 Å². The largest absolute Gasteiger partial charge is 0.492 e. The Bertz CT molecular complexity index is 374. The summed E-state index contributed by atoms with van der Waals surface area (Å²) in [4.78, 5) is 10.7. The lowest BCUT2D eigenvalue weighted by molar-refractivity contribution is -0.118. The average Bonchev–Trinajstić information content (AvgIpc) is 2.28. The number of halogens is 3. The van der Waals surface area contributed by atoms with E-state index in [2.05, 4.69) is 5.32 Å². The molecule has 1 aromatic rings. The second-order valence-electron chi connectivity index (χ2n) is 2.91. The van der Waals surface area contributed by atoms with E-state index < -0.39 is 5.82 Å². The van der Waals surface area contributed by atoms with Crippen molar-refractivity contribution in [2.75, 3.05) is 19.0 Å². The van der Waals surface area contributed by atoms with E-state index in [4.69, 9.17) is 27.9 Å². The standard InChI is InChI=1S/C10H10Cl2FNO2/c11-6-10(15)14-3-4-16-7-1-2-8(12)9(13)5-7/h1-2,5H,3-4,6H2,(H,14,15). The maximum absolute atomic E-state index is 13.0. The Hall–Kier alpha value is -1.00. The fraction of sp³-hybridized carbons (Fsp3) is 0.300. The number of rotatable bonds is 5. The first-order valence-electron chi connectivity index (χ1n) is 4.54. The van der Waals surface area contributed by atoms with Crippen molar-refractivity contribution in [3.63, 3.8) is 0 Å². The summed E-state index contributed by atoms with van der Waals surface area (Å²) in [5.74, 6) is -0.534. The molecule has 16 heavy (non-hydrogen) atoms. The highest BCUT2D eigenvalue weighted by atomic mass is 35.5. The minimum Gasteiger partial charge on any atom is -0.492 e. The highest BCUT2D eigenvalue weighted by Crippen LogP contribution is 2.20. The molecular formula is C10H10Cl2FNO2. The molecule has 0 unspecified atom stereocenters. The lowest BCUT2D eigenvalue weighted by Crippen LogP contribution is -2.28. The molecule has 1 amide bonds. The predicted octanol–water partition coefficient (Wildman–Crippen LogP) is 2.21. The van der Waals surface area contributed by atoms with Crippen LogP contribution in [-0.2, 0) is 4.79 Å². The zero-order chi connectivity index (χ0) is 12.0. The maximum Gasteiger partial charge on any atom is 0.235 e. The van der Waals surface area contributed by atoms with Crippen molar-refractivity contribution >= 4 is 29.1 Å². The molecule has 88 valence electrons. The van der Waals surface area contributed by atoms with E-state index >= 15 is 0 Å². The lowest BCUT2D eigenvalue weighted by Gasteiger charge is -2.07. The fourth-order valence-electron chi connectivity index (χ4n) is 0.973. The topological polar surface area (TPSA) is 38.3 Å². The summed E-state index contributed by atoms with van der Waals surface area (Å²) in [5.41, 5.74) is 0. The molecule has 1 aromatic carbocycles. The quantitative estimate of drug-likeness (QED) is 0.655. The molecule has 1 N–H and O–H groups in total. The number of carbonyl (C=O) groups excluding carboxylic acids is 1. The van der Waals surface area contributed by atoms with Crippen LogP contribution in [0.2, 0.25) is 5.02 Å². The third-order valence-electron chi connectivity index (χ3n) is 1.71. The molecule has 3 nitrogen and oxygen atoms in total. The van der Waals surface area contributed by atoms with Crippen molar-refractivity contribution in [3.8, 4) is 5.75 Å². The van der Waals surface area contributed by atoms with Crippen molar-refractivity contribution in [2.24, 2.45) is 0 Å². The molecule has 0 atom stereocenters. The van der Waals surface area contributed by atoms with Crippen LogP contribution in [0.1, 0.15) is 0 Å². The van der Waals surface area contributed by atoms with Crippen LogP contribution in [0.4, 0.5) is 4.39 Å². The van der Waals surface area contributed by atoms with Gasteiger partial charge in [0.15, 0.2) is 0 Å². The Kier molecular flexibility index (Phi) is 5.35. The van der Waals surface area contributed by atoms with E-state index in [0.29, 0.717) is 12.3 Å². The Balaban J connectivity index is 2.32. The number of hydrogen-bond donors (Lipinski definition) is 1. The molecule has 0 fully saturated rings. The normalized spacial score (nSPS) is 9.94. The van der Waals surface area contributed by atoms with E-state index in [1.54, 1.807) is 6.07 Å². The predicted molar refractivity (Wildman–Crippen MR) is 60.6 cm³/mol. The van der Waals surface area contributed by atoms with Crippen LogP contribution in [-0.4, -0.2) is 24.9 Å². The summed E-state index contributed by atoms with van der Waals surface area (Å²) in [6, 6.07) is 4.14. The number of ether oxygens (including phenoxy) is 1. The zero-order valence-electron chi connectivity index (χ0n) is 8.30. The van der Waals surface area contributed by atoms with Crippen LogP contribution in [0.15, 0.2) is 18.2 Å². The maximum atomic E-state index is 13.0. The van der Waals surface area contributed by atoms with Crippen LogP contribution in [0.5, 0.6) is 5.75 Å². The second-order valence-corrected chi connectivity index (χ2v) is 3.58. The molecule has 0 aliphatic carbocycles. The summed E-state index contributed by atoms with van der Waals surface area (Å²) in [5, 5.41) is 2.56. The van der Waals surface area contributed by atoms with Crippen LogP contribution in [0.25, 0.3) is 0 Å². The number of carbonyl (C=O) groups is 1. The van der Waals surface area contributed by atoms with Gasteiger partial charge in [-0.15, -0.1) is 11.6 Å². The molecule has 0 spiro atoms. The van der Waals surface area contributed by atoms with E-state index in [0.717, 1.165) is 0 Å². The van der Waals surface area contributed by atoms with E-state index in [9.17, 15) is 9.18 Å². The van der Waals surface area contributed by atoms with Crippen LogP contribution >= 0.6 is 23.2 Å². The second kappa shape index (κ2) is 6.55. The molecule has 0 heterocycles. The molecule has 0 radical (unpaired) electrons. The number of hydrogen-bond acceptors (Lipinski definition) is 2. The fourth-order valence-corrected chi connectivity index (χ4v) is 1.19. The number of alkyl halides is 1. The molecule has 1 rings (SSSR count). The van der Waals surface area contributed by atoms with Gasteiger partial charge in [0, 0.05) is 6.07 Å². The molecular weight excluding hydrogens is 256 g/mol. The molecule has 0 aliphatic rings. The zero-order valence-corrected chi connectivity index (χ0v) is 9.82. The van der Waals surface area contributed by atoms with Gasteiger partial charge < -0.3 is 10.1 Å². The highest BCUT2D eigenvalue weighted by molar-refractivity contribution is 6.30. The summed E-state index contributed by atoms with van der Waals surface area (Å²) in [6.45, 7) is 0.555. The monoisotopic (exact) mass is 265 g/mol. The van der Waals surface area contributed by atoms with E-state index in [1.165, 1.54) is 12.1 Å². The Morgan fingerprint density at radius 3 is 2.88 bits per heavy atom. The molecule has 0 aromatic heterocycles. The first-order chi connectivity index (χ1) is 7.63. The van der Waals surface area contributed by atoms with Crippen LogP contribution < -0.4 is 10.1 Å². The average molecular weight is 266 g/mol. The van der Waals surface area contributed by atoms with Crippen molar-refractivity contribution < 1.29 is 13.9 Å². The van der Waals surface area contributed by atoms with Crippen molar-refractivity contribution in [1.29, 1.82) is 0 Å². The van der Waals surface area contributed by atoms with Gasteiger partial charge in [0.05, 0.1) is 11.6 Å². The van der Waals surface area contributed by atoms with Gasteiger partial charge in [-0.25, -0.2) is 4.39 Å². The Labute approximate surface area is 102 Å². The minimum absolute atomic E-state index is 0.0443. The summed E-state index contributed by atoms with van der Waals surface area (Å²) < 4.78 is 18.2.